The highest BCUT2D eigenvalue weighted by Crippen LogP contribution is 2.25. The first-order chi connectivity index (χ1) is 17.6. The largest absolute Gasteiger partial charge is 0.341 e. The van der Waals surface area contributed by atoms with Gasteiger partial charge < -0.3 is 5.32 Å². The number of hydrogen-bond donors (Lipinski definition) is 1. The van der Waals surface area contributed by atoms with E-state index in [0.29, 0.717) is 11.3 Å². The lowest BCUT2D eigenvalue weighted by molar-refractivity contribution is 0.0943. The summed E-state index contributed by atoms with van der Waals surface area (Å²) in [5, 5.41) is 3.16. The van der Waals surface area contributed by atoms with Crippen molar-refractivity contribution in [1.82, 2.24) is 5.32 Å². The molecule has 4 rings (SSSR count). The fraction of sp³-hybridized carbons (Fsp3) is 0.194. The van der Waals surface area contributed by atoms with Gasteiger partial charge in [0.15, 0.2) is 0 Å². The zero-order valence-electron chi connectivity index (χ0n) is 21.6. The zero-order chi connectivity index (χ0) is 26.6. The highest BCUT2D eigenvalue weighted by atomic mass is 32.2. The fourth-order valence-corrected chi connectivity index (χ4v) is 5.07. The maximum atomic E-state index is 13.2. The van der Waals surface area contributed by atoms with Gasteiger partial charge in [0.1, 0.15) is 0 Å². The molecule has 0 spiro atoms. The van der Waals surface area contributed by atoms with E-state index in [2.05, 4.69) is 5.32 Å². The SMILES string of the molecule is Cc1ccc([C@@H](NC(=O)c2ccc(CN(c3ccc(C)c(C)c3)S(C)(=O)=O)cc2)c2ccccc2)cc1. The van der Waals surface area contributed by atoms with Crippen LogP contribution in [-0.4, -0.2) is 20.6 Å². The summed E-state index contributed by atoms with van der Waals surface area (Å²) in [6.07, 6.45) is 1.21. The molecule has 0 aliphatic heterocycles. The Kier molecular flexibility index (Phi) is 7.79. The number of anilines is 1. The molecule has 0 aliphatic rings. The fourth-order valence-electron chi connectivity index (χ4n) is 4.19. The summed E-state index contributed by atoms with van der Waals surface area (Å²) in [5.41, 5.74) is 7.20. The van der Waals surface area contributed by atoms with Gasteiger partial charge in [0, 0.05) is 5.56 Å². The summed E-state index contributed by atoms with van der Waals surface area (Å²) in [5.74, 6) is -0.199. The van der Waals surface area contributed by atoms with Gasteiger partial charge in [0.05, 0.1) is 24.5 Å². The minimum Gasteiger partial charge on any atom is -0.341 e. The molecule has 0 heterocycles. The molecule has 4 aromatic carbocycles. The molecule has 0 aliphatic carbocycles. The average molecular weight is 513 g/mol. The van der Waals surface area contributed by atoms with Gasteiger partial charge in [-0.05, 0) is 72.9 Å². The van der Waals surface area contributed by atoms with Crippen molar-refractivity contribution in [1.29, 1.82) is 0 Å². The van der Waals surface area contributed by atoms with E-state index in [4.69, 9.17) is 0 Å². The van der Waals surface area contributed by atoms with Crippen LogP contribution in [0.4, 0.5) is 5.69 Å². The second-order valence-corrected chi connectivity index (χ2v) is 11.4. The number of aryl methyl sites for hydroxylation is 3. The van der Waals surface area contributed by atoms with E-state index < -0.39 is 10.0 Å². The number of benzene rings is 4. The van der Waals surface area contributed by atoms with Gasteiger partial charge in [0.2, 0.25) is 10.0 Å². The maximum Gasteiger partial charge on any atom is 0.252 e. The third-order valence-electron chi connectivity index (χ3n) is 6.54. The van der Waals surface area contributed by atoms with Crippen LogP contribution in [0.1, 0.15) is 49.8 Å². The smallest absolute Gasteiger partial charge is 0.252 e. The Morgan fingerprint density at radius 2 is 1.41 bits per heavy atom. The highest BCUT2D eigenvalue weighted by molar-refractivity contribution is 7.92. The number of amides is 1. The topological polar surface area (TPSA) is 66.5 Å². The van der Waals surface area contributed by atoms with Crippen LogP contribution in [0.2, 0.25) is 0 Å². The van der Waals surface area contributed by atoms with E-state index in [9.17, 15) is 13.2 Å². The number of rotatable bonds is 8. The number of nitrogens with one attached hydrogen (secondary N) is 1. The first kappa shape index (κ1) is 26.2. The predicted octanol–water partition coefficient (Wildman–Crippen LogP) is 6.10. The van der Waals surface area contributed by atoms with Gasteiger partial charge in [0.25, 0.3) is 5.91 Å². The van der Waals surface area contributed by atoms with E-state index in [0.717, 1.165) is 33.4 Å². The third-order valence-corrected chi connectivity index (χ3v) is 7.68. The number of carbonyl (C=O) groups excluding carboxylic acids is 1. The summed E-state index contributed by atoms with van der Waals surface area (Å²) < 4.78 is 26.5. The van der Waals surface area contributed by atoms with Gasteiger partial charge in [-0.25, -0.2) is 8.42 Å². The molecule has 5 nitrogen and oxygen atoms in total. The minimum atomic E-state index is -3.50. The minimum absolute atomic E-state index is 0.180. The summed E-state index contributed by atoms with van der Waals surface area (Å²) >= 11 is 0. The lowest BCUT2D eigenvalue weighted by atomic mass is 9.97. The van der Waals surface area contributed by atoms with Crippen LogP contribution in [-0.2, 0) is 16.6 Å². The molecule has 37 heavy (non-hydrogen) atoms. The van der Waals surface area contributed by atoms with Crippen LogP contribution >= 0.6 is 0 Å². The third kappa shape index (κ3) is 6.46. The van der Waals surface area contributed by atoms with Crippen LogP contribution in [0, 0.1) is 20.8 Å². The van der Waals surface area contributed by atoms with Gasteiger partial charge in [-0.15, -0.1) is 0 Å². The van der Waals surface area contributed by atoms with E-state index in [-0.39, 0.29) is 18.5 Å². The first-order valence-corrected chi connectivity index (χ1v) is 14.0. The van der Waals surface area contributed by atoms with Crippen molar-refractivity contribution in [3.63, 3.8) is 0 Å². The van der Waals surface area contributed by atoms with Crippen LogP contribution < -0.4 is 9.62 Å². The number of nitrogens with zero attached hydrogens (tertiary/aromatic N) is 1. The van der Waals surface area contributed by atoms with Gasteiger partial charge in [-0.3, -0.25) is 9.10 Å². The zero-order valence-corrected chi connectivity index (χ0v) is 22.4. The molecule has 6 heteroatoms. The van der Waals surface area contributed by atoms with Crippen molar-refractivity contribution in [2.45, 2.75) is 33.4 Å². The molecule has 0 unspecified atom stereocenters. The normalized spacial score (nSPS) is 12.1. The van der Waals surface area contributed by atoms with Crippen molar-refractivity contribution in [3.05, 3.63) is 136 Å². The summed E-state index contributed by atoms with van der Waals surface area (Å²) in [6, 6.07) is 30.4. The number of carbonyl (C=O) groups is 1. The molecule has 0 saturated heterocycles. The van der Waals surface area contributed by atoms with Crippen molar-refractivity contribution in [3.8, 4) is 0 Å². The van der Waals surface area contributed by atoms with E-state index >= 15 is 0 Å². The Morgan fingerprint density at radius 3 is 2.00 bits per heavy atom. The van der Waals surface area contributed by atoms with Crippen molar-refractivity contribution in [2.24, 2.45) is 0 Å². The van der Waals surface area contributed by atoms with E-state index in [1.807, 2.05) is 93.6 Å². The van der Waals surface area contributed by atoms with Crippen molar-refractivity contribution >= 4 is 21.6 Å². The van der Waals surface area contributed by atoms with Gasteiger partial charge >= 0.3 is 0 Å². The average Bonchev–Trinajstić information content (AvgIpc) is 2.88. The Balaban J connectivity index is 1.55. The second kappa shape index (κ2) is 11.0. The lowest BCUT2D eigenvalue weighted by Crippen LogP contribution is -2.30. The molecule has 190 valence electrons. The lowest BCUT2D eigenvalue weighted by Gasteiger charge is -2.23. The van der Waals surface area contributed by atoms with Gasteiger partial charge in [-0.1, -0.05) is 78.4 Å². The maximum absolute atomic E-state index is 13.2. The molecule has 1 atom stereocenters. The molecule has 0 bridgehead atoms. The Hall–Kier alpha value is -3.90. The molecule has 4 aromatic rings. The Labute approximate surface area is 219 Å². The molecule has 1 N–H and O–H groups in total. The predicted molar refractivity (Wildman–Crippen MR) is 150 cm³/mol. The quantitative estimate of drug-likeness (QED) is 0.310. The first-order valence-electron chi connectivity index (χ1n) is 12.2. The monoisotopic (exact) mass is 512 g/mol. The Bertz CT molecular complexity index is 1480. The molecule has 0 radical (unpaired) electrons. The van der Waals surface area contributed by atoms with Crippen LogP contribution in [0.5, 0.6) is 0 Å². The molecular weight excluding hydrogens is 480 g/mol. The van der Waals surface area contributed by atoms with E-state index in [1.165, 1.54) is 10.6 Å². The van der Waals surface area contributed by atoms with Gasteiger partial charge in [-0.2, -0.15) is 0 Å². The van der Waals surface area contributed by atoms with Crippen molar-refractivity contribution < 1.29 is 13.2 Å². The Morgan fingerprint density at radius 1 is 0.784 bits per heavy atom. The molecule has 0 aromatic heterocycles. The molecule has 0 saturated carbocycles. The van der Waals surface area contributed by atoms with E-state index in [1.54, 1.807) is 24.3 Å². The standard InChI is InChI=1S/C31H32N2O3S/c1-22-10-15-27(16-11-22)30(26-8-6-5-7-9-26)32-31(34)28-17-13-25(14-18-28)21-33(37(4,35)36)29-19-12-23(2)24(3)20-29/h5-20,30H,21H2,1-4H3,(H,32,34)/t30-/m0/s1. The summed E-state index contributed by atoms with van der Waals surface area (Å²) in [7, 11) is -3.50. The van der Waals surface area contributed by atoms with Crippen LogP contribution in [0.25, 0.3) is 0 Å². The van der Waals surface area contributed by atoms with Crippen LogP contribution in [0.15, 0.2) is 97.1 Å². The van der Waals surface area contributed by atoms with Crippen molar-refractivity contribution in [2.75, 3.05) is 10.6 Å². The number of hydrogen-bond acceptors (Lipinski definition) is 3. The molecule has 1 amide bonds. The molecule has 0 fully saturated rings. The summed E-state index contributed by atoms with van der Waals surface area (Å²) in [6.45, 7) is 6.17. The summed E-state index contributed by atoms with van der Waals surface area (Å²) in [4.78, 5) is 13.2. The highest BCUT2D eigenvalue weighted by Gasteiger charge is 2.20. The molecular formula is C31H32N2O3S. The van der Waals surface area contributed by atoms with Crippen LogP contribution in [0.3, 0.4) is 0 Å². The number of sulfonamides is 1. The second-order valence-electron chi connectivity index (χ2n) is 9.46.